The third-order valence-corrected chi connectivity index (χ3v) is 2.91. The molecule has 0 radical (unpaired) electrons. The number of hydrogen-bond donors (Lipinski definition) is 1. The number of nitrogens with zero attached hydrogens (tertiary/aromatic N) is 5. The van der Waals surface area contributed by atoms with Crippen molar-refractivity contribution in [2.45, 2.75) is 18.9 Å². The summed E-state index contributed by atoms with van der Waals surface area (Å²) in [6, 6.07) is 0. The maximum Gasteiger partial charge on any atom is 0.183 e. The van der Waals surface area contributed by atoms with Gasteiger partial charge in [0.25, 0.3) is 0 Å². The number of nitrogens with one attached hydrogen (secondary N) is 1. The number of hydrogen-bond acceptors (Lipinski definition) is 6. The topological polar surface area (TPSA) is 77.8 Å². The Bertz CT molecular complexity index is 518. The smallest absolute Gasteiger partial charge is 0.183 e. The van der Waals surface area contributed by atoms with E-state index >= 15 is 0 Å². The monoisotopic (exact) mass is 234 g/mol. The first-order valence-corrected chi connectivity index (χ1v) is 5.70. The highest BCUT2D eigenvalue weighted by Crippen LogP contribution is 2.17. The van der Waals surface area contributed by atoms with E-state index in [2.05, 4.69) is 25.6 Å². The second-order valence-electron chi connectivity index (χ2n) is 4.12. The lowest BCUT2D eigenvalue weighted by atomic mass is 10.2. The lowest BCUT2D eigenvalue weighted by Gasteiger charge is -2.10. The number of aromatic nitrogens is 5. The van der Waals surface area contributed by atoms with Gasteiger partial charge < -0.3 is 10.1 Å². The summed E-state index contributed by atoms with van der Waals surface area (Å²) >= 11 is 0. The molecule has 0 spiro atoms. The van der Waals surface area contributed by atoms with E-state index in [9.17, 15) is 0 Å². The highest BCUT2D eigenvalue weighted by atomic mass is 16.5. The van der Waals surface area contributed by atoms with E-state index in [-0.39, 0.29) is 6.10 Å². The number of fused-ring (bicyclic) bond motifs is 1. The van der Waals surface area contributed by atoms with Gasteiger partial charge in [-0.15, -0.1) is 5.10 Å². The first-order chi connectivity index (χ1) is 8.34. The van der Waals surface area contributed by atoms with Crippen LogP contribution in [0, 0.1) is 0 Å². The minimum Gasteiger partial charge on any atom is -0.376 e. The normalized spacial score (nSPS) is 19.9. The van der Waals surface area contributed by atoms with Gasteiger partial charge >= 0.3 is 0 Å². The number of ether oxygens (including phenoxy) is 1. The summed E-state index contributed by atoms with van der Waals surface area (Å²) in [4.78, 5) is 8.32. The Kier molecular flexibility index (Phi) is 2.60. The van der Waals surface area contributed by atoms with Gasteiger partial charge in [-0.2, -0.15) is 0 Å². The van der Waals surface area contributed by atoms with E-state index in [0.29, 0.717) is 5.52 Å². The summed E-state index contributed by atoms with van der Waals surface area (Å²) in [5, 5.41) is 11.2. The van der Waals surface area contributed by atoms with E-state index in [1.165, 1.54) is 6.33 Å². The number of aryl methyl sites for hydroxylation is 1. The standard InChI is InChI=1S/C10H14N6O/c1-16-10-8(14-15-16)9(12-6-13-10)11-5-7-3-2-4-17-7/h6-7H,2-5H2,1H3,(H,11,12,13)/t7-/m0/s1. The quantitative estimate of drug-likeness (QED) is 0.825. The van der Waals surface area contributed by atoms with Crippen LogP contribution in [0.5, 0.6) is 0 Å². The van der Waals surface area contributed by atoms with Gasteiger partial charge in [0.05, 0.1) is 6.10 Å². The van der Waals surface area contributed by atoms with Crippen LogP contribution in [0.1, 0.15) is 12.8 Å². The molecule has 7 heteroatoms. The van der Waals surface area contributed by atoms with Crippen molar-refractivity contribution in [2.75, 3.05) is 18.5 Å². The van der Waals surface area contributed by atoms with Crippen LogP contribution in [0.15, 0.2) is 6.33 Å². The fraction of sp³-hybridized carbons (Fsp3) is 0.600. The molecule has 7 nitrogen and oxygen atoms in total. The minimum absolute atomic E-state index is 0.275. The van der Waals surface area contributed by atoms with Crippen LogP contribution < -0.4 is 5.32 Å². The van der Waals surface area contributed by atoms with E-state index in [1.807, 2.05) is 7.05 Å². The van der Waals surface area contributed by atoms with Gasteiger partial charge in [-0.3, -0.25) is 0 Å². The highest BCUT2D eigenvalue weighted by molar-refractivity contribution is 5.81. The van der Waals surface area contributed by atoms with Crippen LogP contribution in [0.3, 0.4) is 0 Å². The predicted molar refractivity (Wildman–Crippen MR) is 61.6 cm³/mol. The van der Waals surface area contributed by atoms with E-state index in [1.54, 1.807) is 4.68 Å². The molecule has 1 aliphatic heterocycles. The minimum atomic E-state index is 0.275. The molecule has 3 rings (SSSR count). The Morgan fingerprint density at radius 1 is 1.53 bits per heavy atom. The Morgan fingerprint density at radius 3 is 3.29 bits per heavy atom. The largest absolute Gasteiger partial charge is 0.376 e. The van der Waals surface area contributed by atoms with Crippen LogP contribution in [0.2, 0.25) is 0 Å². The summed E-state index contributed by atoms with van der Waals surface area (Å²) in [7, 11) is 1.81. The summed E-state index contributed by atoms with van der Waals surface area (Å²) in [5.41, 5.74) is 1.43. The van der Waals surface area contributed by atoms with Crippen molar-refractivity contribution in [3.8, 4) is 0 Å². The third kappa shape index (κ3) is 1.93. The molecule has 1 N–H and O–H groups in total. The molecule has 2 aromatic rings. The zero-order valence-electron chi connectivity index (χ0n) is 9.63. The molecular formula is C10H14N6O. The van der Waals surface area contributed by atoms with Gasteiger partial charge in [0.1, 0.15) is 6.33 Å². The summed E-state index contributed by atoms with van der Waals surface area (Å²) in [5.74, 6) is 0.721. The van der Waals surface area contributed by atoms with Gasteiger partial charge in [-0.05, 0) is 12.8 Å². The fourth-order valence-electron chi connectivity index (χ4n) is 2.00. The second kappa shape index (κ2) is 4.25. The maximum atomic E-state index is 5.54. The summed E-state index contributed by atoms with van der Waals surface area (Å²) in [6.07, 6.45) is 4.03. The molecule has 1 atom stereocenters. The molecule has 2 aromatic heterocycles. The molecule has 0 aliphatic carbocycles. The summed E-state index contributed by atoms with van der Waals surface area (Å²) in [6.45, 7) is 1.61. The average Bonchev–Trinajstić information content (AvgIpc) is 2.97. The average molecular weight is 234 g/mol. The van der Waals surface area contributed by atoms with Crippen molar-refractivity contribution < 1.29 is 4.74 Å². The molecule has 17 heavy (non-hydrogen) atoms. The van der Waals surface area contributed by atoms with Crippen LogP contribution in [0.25, 0.3) is 11.2 Å². The number of rotatable bonds is 3. The molecule has 3 heterocycles. The molecular weight excluding hydrogens is 220 g/mol. The van der Waals surface area contributed by atoms with Crippen molar-refractivity contribution in [2.24, 2.45) is 7.05 Å². The van der Waals surface area contributed by atoms with Gasteiger partial charge in [0.2, 0.25) is 0 Å². The highest BCUT2D eigenvalue weighted by Gasteiger charge is 2.16. The van der Waals surface area contributed by atoms with Gasteiger partial charge in [-0.25, -0.2) is 14.6 Å². The zero-order valence-corrected chi connectivity index (χ0v) is 9.63. The molecule has 1 fully saturated rings. The van der Waals surface area contributed by atoms with Crippen molar-refractivity contribution in [1.82, 2.24) is 25.0 Å². The van der Waals surface area contributed by atoms with E-state index in [4.69, 9.17) is 4.74 Å². The molecule has 1 aliphatic rings. The molecule has 90 valence electrons. The maximum absolute atomic E-state index is 5.54. The summed E-state index contributed by atoms with van der Waals surface area (Å²) < 4.78 is 7.18. The Hall–Kier alpha value is -1.76. The van der Waals surface area contributed by atoms with E-state index < -0.39 is 0 Å². The van der Waals surface area contributed by atoms with E-state index in [0.717, 1.165) is 37.5 Å². The molecule has 0 unspecified atom stereocenters. The first kappa shape index (κ1) is 10.4. The Morgan fingerprint density at radius 2 is 2.47 bits per heavy atom. The van der Waals surface area contributed by atoms with Crippen LogP contribution in [-0.2, 0) is 11.8 Å². The van der Waals surface area contributed by atoms with Crippen molar-refractivity contribution in [1.29, 1.82) is 0 Å². The van der Waals surface area contributed by atoms with Crippen molar-refractivity contribution in [3.05, 3.63) is 6.33 Å². The SMILES string of the molecule is Cn1nnc2c(NC[C@@H]3CCCO3)ncnc21. The van der Waals surface area contributed by atoms with Crippen molar-refractivity contribution in [3.63, 3.8) is 0 Å². The van der Waals surface area contributed by atoms with Crippen LogP contribution >= 0.6 is 0 Å². The fourth-order valence-corrected chi connectivity index (χ4v) is 2.00. The van der Waals surface area contributed by atoms with Crippen LogP contribution in [0.4, 0.5) is 5.82 Å². The second-order valence-corrected chi connectivity index (χ2v) is 4.12. The van der Waals surface area contributed by atoms with Crippen molar-refractivity contribution >= 4 is 17.0 Å². The molecule has 0 aromatic carbocycles. The molecule has 0 saturated carbocycles. The molecule has 0 bridgehead atoms. The van der Waals surface area contributed by atoms with Gasteiger partial charge in [0, 0.05) is 20.2 Å². The molecule has 1 saturated heterocycles. The Balaban J connectivity index is 1.79. The first-order valence-electron chi connectivity index (χ1n) is 5.70. The van der Waals surface area contributed by atoms with Gasteiger partial charge in [0.15, 0.2) is 17.0 Å². The molecule has 0 amide bonds. The Labute approximate surface area is 98.2 Å². The van der Waals surface area contributed by atoms with Crippen LogP contribution in [-0.4, -0.2) is 44.2 Å². The lowest BCUT2D eigenvalue weighted by Crippen LogP contribution is -2.19. The zero-order chi connectivity index (χ0) is 11.7. The predicted octanol–water partition coefficient (Wildman–Crippen LogP) is 0.349. The lowest BCUT2D eigenvalue weighted by molar-refractivity contribution is 0.120. The van der Waals surface area contributed by atoms with Gasteiger partial charge in [-0.1, -0.05) is 5.21 Å². The number of anilines is 1. The third-order valence-electron chi connectivity index (χ3n) is 2.91.